The van der Waals surface area contributed by atoms with E-state index in [0.29, 0.717) is 50.7 Å². The number of urea groups is 1. The SMILES string of the molecule is CCCCNC(=O)Nc1cn(C(C)C(=O)N2CCN(C(=O)OCC)CC2)nc1C. The van der Waals surface area contributed by atoms with E-state index in [1.165, 1.54) is 0 Å². The van der Waals surface area contributed by atoms with Crippen molar-refractivity contribution in [3.05, 3.63) is 11.9 Å². The van der Waals surface area contributed by atoms with Crippen molar-refractivity contribution in [3.63, 3.8) is 0 Å². The molecule has 1 fully saturated rings. The van der Waals surface area contributed by atoms with Gasteiger partial charge in [-0.3, -0.25) is 9.48 Å². The van der Waals surface area contributed by atoms with Crippen molar-refractivity contribution in [2.45, 2.75) is 46.6 Å². The zero-order valence-electron chi connectivity index (χ0n) is 17.7. The van der Waals surface area contributed by atoms with Crippen molar-refractivity contribution in [1.29, 1.82) is 0 Å². The Morgan fingerprint density at radius 1 is 1.17 bits per heavy atom. The molecule has 0 radical (unpaired) electrons. The Bertz CT molecular complexity index is 712. The van der Waals surface area contributed by atoms with Gasteiger partial charge < -0.3 is 25.2 Å². The standard InChI is InChI=1S/C19H32N6O4/c1-5-7-8-20-18(27)21-16-13-25(22-14(16)3)15(4)17(26)23-9-11-24(12-10-23)19(28)29-6-2/h13,15H,5-12H2,1-4H3,(H2,20,21,27). The van der Waals surface area contributed by atoms with Crippen LogP contribution < -0.4 is 10.6 Å². The minimum Gasteiger partial charge on any atom is -0.450 e. The topological polar surface area (TPSA) is 109 Å². The van der Waals surface area contributed by atoms with E-state index in [2.05, 4.69) is 22.7 Å². The maximum atomic E-state index is 12.8. The maximum Gasteiger partial charge on any atom is 0.409 e. The van der Waals surface area contributed by atoms with Crippen molar-refractivity contribution in [3.8, 4) is 0 Å². The molecule has 1 saturated heterocycles. The number of piperazine rings is 1. The lowest BCUT2D eigenvalue weighted by Gasteiger charge is -2.35. The molecule has 10 heteroatoms. The second kappa shape index (κ2) is 10.7. The first-order valence-electron chi connectivity index (χ1n) is 10.2. The molecule has 1 aliphatic rings. The third kappa shape index (κ3) is 6.10. The van der Waals surface area contributed by atoms with Crippen LogP contribution in [-0.2, 0) is 9.53 Å². The van der Waals surface area contributed by atoms with Crippen LogP contribution in [0.1, 0.15) is 45.3 Å². The summed E-state index contributed by atoms with van der Waals surface area (Å²) in [7, 11) is 0. The van der Waals surface area contributed by atoms with Crippen molar-refractivity contribution in [1.82, 2.24) is 24.9 Å². The van der Waals surface area contributed by atoms with Crippen LogP contribution in [0.4, 0.5) is 15.3 Å². The molecule has 162 valence electrons. The summed E-state index contributed by atoms with van der Waals surface area (Å²) >= 11 is 0. The molecule has 1 atom stereocenters. The molecule has 0 bridgehead atoms. The molecular formula is C19H32N6O4. The molecule has 0 aliphatic carbocycles. The number of aryl methyl sites for hydroxylation is 1. The van der Waals surface area contributed by atoms with E-state index in [9.17, 15) is 14.4 Å². The molecule has 1 aromatic rings. The van der Waals surface area contributed by atoms with E-state index in [1.807, 2.05) is 0 Å². The molecule has 10 nitrogen and oxygen atoms in total. The average molecular weight is 409 g/mol. The molecule has 0 saturated carbocycles. The zero-order chi connectivity index (χ0) is 21.4. The fourth-order valence-corrected chi connectivity index (χ4v) is 3.05. The molecule has 2 rings (SSSR count). The number of unbranched alkanes of at least 4 members (excludes halogenated alkanes) is 1. The first-order chi connectivity index (χ1) is 13.9. The lowest BCUT2D eigenvalue weighted by molar-refractivity contribution is -0.136. The number of ether oxygens (including phenoxy) is 1. The van der Waals surface area contributed by atoms with Crippen LogP contribution in [0.25, 0.3) is 0 Å². The summed E-state index contributed by atoms with van der Waals surface area (Å²) in [5.74, 6) is -0.0741. The number of rotatable bonds is 7. The van der Waals surface area contributed by atoms with Crippen molar-refractivity contribution < 1.29 is 19.1 Å². The number of nitrogens with one attached hydrogen (secondary N) is 2. The summed E-state index contributed by atoms with van der Waals surface area (Å²) in [5.41, 5.74) is 1.22. The van der Waals surface area contributed by atoms with E-state index in [-0.39, 0.29) is 18.0 Å². The molecule has 1 aromatic heterocycles. The fourth-order valence-electron chi connectivity index (χ4n) is 3.05. The summed E-state index contributed by atoms with van der Waals surface area (Å²) in [5, 5.41) is 9.95. The van der Waals surface area contributed by atoms with Gasteiger partial charge >= 0.3 is 12.1 Å². The largest absolute Gasteiger partial charge is 0.450 e. The highest BCUT2D eigenvalue weighted by molar-refractivity contribution is 5.89. The van der Waals surface area contributed by atoms with Gasteiger partial charge in [-0.25, -0.2) is 9.59 Å². The molecule has 0 aromatic carbocycles. The molecular weight excluding hydrogens is 376 g/mol. The summed E-state index contributed by atoms with van der Waals surface area (Å²) in [6.45, 7) is 10.1. The number of carbonyl (C=O) groups excluding carboxylic acids is 3. The third-order valence-corrected chi connectivity index (χ3v) is 4.85. The van der Waals surface area contributed by atoms with Gasteiger partial charge in [0.1, 0.15) is 6.04 Å². The van der Waals surface area contributed by atoms with Crippen LogP contribution in [0, 0.1) is 6.92 Å². The van der Waals surface area contributed by atoms with Gasteiger partial charge in [-0.05, 0) is 27.2 Å². The lowest BCUT2D eigenvalue weighted by atomic mass is 10.2. The van der Waals surface area contributed by atoms with Crippen LogP contribution in [0.2, 0.25) is 0 Å². The first kappa shape index (κ1) is 22.5. The average Bonchev–Trinajstić information content (AvgIpc) is 3.07. The predicted molar refractivity (Wildman–Crippen MR) is 109 cm³/mol. The third-order valence-electron chi connectivity index (χ3n) is 4.85. The number of aromatic nitrogens is 2. The Hall–Kier alpha value is -2.78. The monoisotopic (exact) mass is 408 g/mol. The van der Waals surface area contributed by atoms with E-state index < -0.39 is 6.04 Å². The molecule has 0 spiro atoms. The van der Waals surface area contributed by atoms with E-state index in [0.717, 1.165) is 12.8 Å². The highest BCUT2D eigenvalue weighted by Gasteiger charge is 2.29. The normalized spacial score (nSPS) is 15.0. The van der Waals surface area contributed by atoms with Gasteiger partial charge in [-0.15, -0.1) is 0 Å². The fraction of sp³-hybridized carbons (Fsp3) is 0.684. The van der Waals surface area contributed by atoms with Crippen LogP contribution in [0.3, 0.4) is 0 Å². The highest BCUT2D eigenvalue weighted by Crippen LogP contribution is 2.18. The smallest absolute Gasteiger partial charge is 0.409 e. The lowest BCUT2D eigenvalue weighted by Crippen LogP contribution is -2.52. The minimum atomic E-state index is -0.512. The predicted octanol–water partition coefficient (Wildman–Crippen LogP) is 1.97. The maximum absolute atomic E-state index is 12.8. The summed E-state index contributed by atoms with van der Waals surface area (Å²) < 4.78 is 6.57. The number of amides is 4. The Morgan fingerprint density at radius 3 is 2.45 bits per heavy atom. The second-order valence-corrected chi connectivity index (χ2v) is 7.03. The minimum absolute atomic E-state index is 0.0741. The van der Waals surface area contributed by atoms with Crippen LogP contribution in [0.15, 0.2) is 6.20 Å². The second-order valence-electron chi connectivity index (χ2n) is 7.03. The first-order valence-corrected chi connectivity index (χ1v) is 10.2. The van der Waals surface area contributed by atoms with Crippen molar-refractivity contribution in [2.75, 3.05) is 44.6 Å². The number of hydrogen-bond acceptors (Lipinski definition) is 5. The van der Waals surface area contributed by atoms with Crippen LogP contribution in [-0.4, -0.2) is 76.9 Å². The van der Waals surface area contributed by atoms with E-state index in [4.69, 9.17) is 4.74 Å². The molecule has 1 aliphatic heterocycles. The van der Waals surface area contributed by atoms with Gasteiger partial charge in [0.25, 0.3) is 0 Å². The van der Waals surface area contributed by atoms with Gasteiger partial charge in [0.05, 0.1) is 18.0 Å². The van der Waals surface area contributed by atoms with Gasteiger partial charge in [-0.2, -0.15) is 5.10 Å². The molecule has 1 unspecified atom stereocenters. The molecule has 2 heterocycles. The van der Waals surface area contributed by atoms with Gasteiger partial charge in [-0.1, -0.05) is 13.3 Å². The molecule has 2 N–H and O–H groups in total. The highest BCUT2D eigenvalue weighted by atomic mass is 16.6. The van der Waals surface area contributed by atoms with Gasteiger partial charge in [0.15, 0.2) is 0 Å². The van der Waals surface area contributed by atoms with E-state index >= 15 is 0 Å². The summed E-state index contributed by atoms with van der Waals surface area (Å²) in [4.78, 5) is 39.9. The van der Waals surface area contributed by atoms with E-state index in [1.54, 1.807) is 41.4 Å². The van der Waals surface area contributed by atoms with Gasteiger partial charge in [0.2, 0.25) is 5.91 Å². The Balaban J connectivity index is 1.91. The van der Waals surface area contributed by atoms with Crippen molar-refractivity contribution >= 4 is 23.7 Å². The summed E-state index contributed by atoms with van der Waals surface area (Å²) in [6.07, 6.45) is 3.25. The van der Waals surface area contributed by atoms with Crippen LogP contribution in [0.5, 0.6) is 0 Å². The quantitative estimate of drug-likeness (QED) is 0.671. The number of anilines is 1. The zero-order valence-corrected chi connectivity index (χ0v) is 17.7. The van der Waals surface area contributed by atoms with Gasteiger partial charge in [0, 0.05) is 38.9 Å². The Morgan fingerprint density at radius 2 is 1.83 bits per heavy atom. The number of hydrogen-bond donors (Lipinski definition) is 2. The van der Waals surface area contributed by atoms with Crippen molar-refractivity contribution in [2.24, 2.45) is 0 Å². The Kier molecular flexibility index (Phi) is 8.29. The number of carbonyl (C=O) groups is 3. The number of nitrogens with zero attached hydrogens (tertiary/aromatic N) is 4. The van der Waals surface area contributed by atoms with Crippen LogP contribution >= 0.6 is 0 Å². The Labute approximate surface area is 171 Å². The molecule has 4 amide bonds. The molecule has 29 heavy (non-hydrogen) atoms. The summed E-state index contributed by atoms with van der Waals surface area (Å²) in [6, 6.07) is -0.795.